The van der Waals surface area contributed by atoms with Crippen LogP contribution in [0.1, 0.15) is 41.5 Å². The zero-order chi connectivity index (χ0) is 13.7. The lowest BCUT2D eigenvalue weighted by atomic mass is 10.1. The quantitative estimate of drug-likeness (QED) is 0.816. The standard InChI is InChI=1S/C12H17N3O3/c1-4-5-10(12(17)18)13-11(16)9-6-7(2)14-15-8(9)3/h6,10H,4-5H2,1-3H3,(H,13,16)(H,17,18)/t10-/m0/s1. The van der Waals surface area contributed by atoms with E-state index in [0.29, 0.717) is 29.8 Å². The molecule has 1 aromatic heterocycles. The van der Waals surface area contributed by atoms with E-state index in [4.69, 9.17) is 5.11 Å². The van der Waals surface area contributed by atoms with Gasteiger partial charge in [0.05, 0.1) is 17.0 Å². The fraction of sp³-hybridized carbons (Fsp3) is 0.500. The van der Waals surface area contributed by atoms with E-state index in [1.807, 2.05) is 6.92 Å². The molecule has 98 valence electrons. The Kier molecular flexibility index (Phi) is 4.76. The minimum Gasteiger partial charge on any atom is -0.480 e. The molecule has 0 aliphatic carbocycles. The first-order valence-electron chi connectivity index (χ1n) is 5.80. The molecule has 6 nitrogen and oxygen atoms in total. The van der Waals surface area contributed by atoms with Crippen LogP contribution in [-0.2, 0) is 4.79 Å². The van der Waals surface area contributed by atoms with Crippen molar-refractivity contribution in [1.29, 1.82) is 0 Å². The van der Waals surface area contributed by atoms with Crippen LogP contribution in [0.4, 0.5) is 0 Å². The zero-order valence-corrected chi connectivity index (χ0v) is 10.7. The molecule has 1 rings (SSSR count). The summed E-state index contributed by atoms with van der Waals surface area (Å²) in [5.41, 5.74) is 1.47. The van der Waals surface area contributed by atoms with Gasteiger partial charge in [0.1, 0.15) is 6.04 Å². The van der Waals surface area contributed by atoms with Crippen molar-refractivity contribution in [3.05, 3.63) is 23.0 Å². The lowest BCUT2D eigenvalue weighted by Gasteiger charge is -2.14. The predicted molar refractivity (Wildman–Crippen MR) is 65.3 cm³/mol. The minimum absolute atomic E-state index is 0.366. The summed E-state index contributed by atoms with van der Waals surface area (Å²) in [6.45, 7) is 5.26. The number of rotatable bonds is 5. The summed E-state index contributed by atoms with van der Waals surface area (Å²) in [5.74, 6) is -1.45. The van der Waals surface area contributed by atoms with Gasteiger partial charge in [-0.3, -0.25) is 4.79 Å². The van der Waals surface area contributed by atoms with Gasteiger partial charge in [0, 0.05) is 0 Å². The lowest BCUT2D eigenvalue weighted by molar-refractivity contribution is -0.139. The molecule has 0 saturated heterocycles. The van der Waals surface area contributed by atoms with E-state index in [1.54, 1.807) is 19.9 Å². The summed E-state index contributed by atoms with van der Waals surface area (Å²) in [7, 11) is 0. The number of carboxylic acid groups (broad SMARTS) is 1. The highest BCUT2D eigenvalue weighted by molar-refractivity contribution is 5.97. The number of nitrogens with one attached hydrogen (secondary N) is 1. The van der Waals surface area contributed by atoms with E-state index in [1.165, 1.54) is 0 Å². The largest absolute Gasteiger partial charge is 0.480 e. The topological polar surface area (TPSA) is 92.2 Å². The van der Waals surface area contributed by atoms with E-state index in [0.717, 1.165) is 0 Å². The zero-order valence-electron chi connectivity index (χ0n) is 10.7. The summed E-state index contributed by atoms with van der Waals surface area (Å²) in [6, 6.07) is 0.734. The third-order valence-corrected chi connectivity index (χ3v) is 2.53. The van der Waals surface area contributed by atoms with E-state index in [-0.39, 0.29) is 0 Å². The van der Waals surface area contributed by atoms with Crippen LogP contribution in [0.15, 0.2) is 6.07 Å². The van der Waals surface area contributed by atoms with Crippen molar-refractivity contribution >= 4 is 11.9 Å². The summed E-state index contributed by atoms with van der Waals surface area (Å²) >= 11 is 0. The number of aryl methyl sites for hydroxylation is 2. The van der Waals surface area contributed by atoms with Gasteiger partial charge in [0.25, 0.3) is 5.91 Å². The van der Waals surface area contributed by atoms with E-state index >= 15 is 0 Å². The van der Waals surface area contributed by atoms with Crippen molar-refractivity contribution < 1.29 is 14.7 Å². The SMILES string of the molecule is CCC[C@H](NC(=O)c1cc(C)nnc1C)C(=O)O. The first-order valence-corrected chi connectivity index (χ1v) is 5.80. The van der Waals surface area contributed by atoms with Gasteiger partial charge in [-0.25, -0.2) is 4.79 Å². The molecule has 0 bridgehead atoms. The number of carbonyl (C=O) groups excluding carboxylic acids is 1. The van der Waals surface area contributed by atoms with Gasteiger partial charge in [0.15, 0.2) is 0 Å². The van der Waals surface area contributed by atoms with E-state index in [2.05, 4.69) is 15.5 Å². The Morgan fingerprint density at radius 3 is 2.61 bits per heavy atom. The summed E-state index contributed by atoms with van der Waals surface area (Å²) in [5, 5.41) is 19.1. The Morgan fingerprint density at radius 1 is 1.39 bits per heavy atom. The molecule has 0 spiro atoms. The monoisotopic (exact) mass is 251 g/mol. The number of aromatic nitrogens is 2. The average molecular weight is 251 g/mol. The predicted octanol–water partition coefficient (Wildman–Crippen LogP) is 1.08. The number of carboxylic acids is 1. The Balaban J connectivity index is 2.86. The molecular formula is C12H17N3O3. The molecule has 0 radical (unpaired) electrons. The normalized spacial score (nSPS) is 11.9. The van der Waals surface area contributed by atoms with Crippen molar-refractivity contribution in [2.24, 2.45) is 0 Å². The molecule has 0 saturated carbocycles. The first-order chi connectivity index (χ1) is 8.45. The first kappa shape index (κ1) is 14.1. The van der Waals surface area contributed by atoms with Gasteiger partial charge >= 0.3 is 5.97 Å². The van der Waals surface area contributed by atoms with Crippen LogP contribution in [0.3, 0.4) is 0 Å². The smallest absolute Gasteiger partial charge is 0.326 e. The molecule has 2 N–H and O–H groups in total. The van der Waals surface area contributed by atoms with E-state index < -0.39 is 17.9 Å². The second kappa shape index (κ2) is 6.09. The van der Waals surface area contributed by atoms with Crippen LogP contribution in [0.5, 0.6) is 0 Å². The van der Waals surface area contributed by atoms with Gasteiger partial charge in [-0.1, -0.05) is 13.3 Å². The molecule has 0 unspecified atom stereocenters. The maximum Gasteiger partial charge on any atom is 0.326 e. The van der Waals surface area contributed by atoms with Gasteiger partial charge in [-0.05, 0) is 26.3 Å². The van der Waals surface area contributed by atoms with Gasteiger partial charge in [-0.15, -0.1) is 0 Å². The minimum atomic E-state index is -1.03. The highest BCUT2D eigenvalue weighted by Gasteiger charge is 2.21. The fourth-order valence-corrected chi connectivity index (χ4v) is 1.56. The third-order valence-electron chi connectivity index (χ3n) is 2.53. The highest BCUT2D eigenvalue weighted by Crippen LogP contribution is 2.07. The van der Waals surface area contributed by atoms with Crippen molar-refractivity contribution in [2.45, 2.75) is 39.7 Å². The molecule has 6 heteroatoms. The van der Waals surface area contributed by atoms with Gasteiger partial charge in [-0.2, -0.15) is 10.2 Å². The summed E-state index contributed by atoms with van der Waals surface area (Å²) in [6.07, 6.45) is 1.08. The molecular weight excluding hydrogens is 234 g/mol. The number of nitrogens with zero attached hydrogens (tertiary/aromatic N) is 2. The maximum absolute atomic E-state index is 12.0. The van der Waals surface area contributed by atoms with Crippen LogP contribution >= 0.6 is 0 Å². The van der Waals surface area contributed by atoms with Crippen LogP contribution in [0, 0.1) is 13.8 Å². The number of hydrogen-bond donors (Lipinski definition) is 2. The number of aliphatic carboxylic acids is 1. The molecule has 18 heavy (non-hydrogen) atoms. The van der Waals surface area contributed by atoms with Crippen molar-refractivity contribution in [1.82, 2.24) is 15.5 Å². The van der Waals surface area contributed by atoms with Gasteiger partial charge in [0.2, 0.25) is 0 Å². The van der Waals surface area contributed by atoms with Crippen LogP contribution in [-0.4, -0.2) is 33.2 Å². The summed E-state index contributed by atoms with van der Waals surface area (Å²) in [4.78, 5) is 22.9. The molecule has 1 aromatic rings. The Labute approximate surface area is 105 Å². The second-order valence-electron chi connectivity index (χ2n) is 4.14. The van der Waals surface area contributed by atoms with Gasteiger partial charge < -0.3 is 10.4 Å². The Morgan fingerprint density at radius 2 is 2.06 bits per heavy atom. The molecule has 0 aliphatic rings. The highest BCUT2D eigenvalue weighted by atomic mass is 16.4. The fourth-order valence-electron chi connectivity index (χ4n) is 1.56. The van der Waals surface area contributed by atoms with Crippen LogP contribution in [0.25, 0.3) is 0 Å². The third kappa shape index (κ3) is 3.51. The Hall–Kier alpha value is -1.98. The molecule has 1 heterocycles. The number of carbonyl (C=O) groups is 2. The molecule has 0 aliphatic heterocycles. The molecule has 1 atom stereocenters. The number of amides is 1. The van der Waals surface area contributed by atoms with Crippen molar-refractivity contribution in [2.75, 3.05) is 0 Å². The molecule has 0 fully saturated rings. The lowest BCUT2D eigenvalue weighted by Crippen LogP contribution is -2.41. The second-order valence-corrected chi connectivity index (χ2v) is 4.14. The van der Waals surface area contributed by atoms with Crippen LogP contribution < -0.4 is 5.32 Å². The number of hydrogen-bond acceptors (Lipinski definition) is 4. The average Bonchev–Trinajstić information content (AvgIpc) is 2.31. The summed E-state index contributed by atoms with van der Waals surface area (Å²) < 4.78 is 0. The maximum atomic E-state index is 12.0. The molecule has 0 aromatic carbocycles. The van der Waals surface area contributed by atoms with Crippen LogP contribution in [0.2, 0.25) is 0 Å². The van der Waals surface area contributed by atoms with Crippen molar-refractivity contribution in [3.63, 3.8) is 0 Å². The van der Waals surface area contributed by atoms with E-state index in [9.17, 15) is 9.59 Å². The Bertz CT molecular complexity index is 460. The van der Waals surface area contributed by atoms with Crippen molar-refractivity contribution in [3.8, 4) is 0 Å². The molecule has 1 amide bonds.